The van der Waals surface area contributed by atoms with Crippen molar-refractivity contribution in [3.8, 4) is 0 Å². The quantitative estimate of drug-likeness (QED) is 0.770. The van der Waals surface area contributed by atoms with Crippen LogP contribution in [0.1, 0.15) is 34.1 Å². The Morgan fingerprint density at radius 1 is 1.40 bits per heavy atom. The van der Waals surface area contributed by atoms with Crippen LogP contribution in [-0.4, -0.2) is 34.5 Å². The molecule has 0 aromatic rings. The van der Waals surface area contributed by atoms with Crippen LogP contribution in [0.3, 0.4) is 0 Å². The molecule has 86 valence electrons. The summed E-state index contributed by atoms with van der Waals surface area (Å²) in [5, 5.41) is 9.00. The standard InChI is InChI=1S/C11H19NO3/c1-10(2)6-7(10)8(13)12(5)11(3,4)9(14)15/h7H,6H2,1-5H3,(H,14,15). The van der Waals surface area contributed by atoms with Crippen molar-refractivity contribution in [2.24, 2.45) is 11.3 Å². The summed E-state index contributed by atoms with van der Waals surface area (Å²) in [6.07, 6.45) is 0.853. The summed E-state index contributed by atoms with van der Waals surface area (Å²) in [6, 6.07) is 0. The second-order valence-corrected chi connectivity index (χ2v) is 5.51. The van der Waals surface area contributed by atoms with Crippen molar-refractivity contribution in [3.05, 3.63) is 0 Å². The topological polar surface area (TPSA) is 57.6 Å². The number of hydrogen-bond acceptors (Lipinski definition) is 2. The van der Waals surface area contributed by atoms with Crippen LogP contribution < -0.4 is 0 Å². The van der Waals surface area contributed by atoms with Crippen molar-refractivity contribution >= 4 is 11.9 Å². The number of carboxylic acid groups (broad SMARTS) is 1. The molecular weight excluding hydrogens is 194 g/mol. The summed E-state index contributed by atoms with van der Waals surface area (Å²) in [5.74, 6) is -1.05. The molecule has 1 aliphatic carbocycles. The minimum absolute atomic E-state index is 0.0128. The van der Waals surface area contributed by atoms with Crippen molar-refractivity contribution in [1.29, 1.82) is 0 Å². The Morgan fingerprint density at radius 3 is 2.07 bits per heavy atom. The molecule has 0 radical (unpaired) electrons. The summed E-state index contributed by atoms with van der Waals surface area (Å²) in [4.78, 5) is 24.3. The summed E-state index contributed by atoms with van der Waals surface area (Å²) in [5.41, 5.74) is -1.09. The zero-order valence-electron chi connectivity index (χ0n) is 10.00. The lowest BCUT2D eigenvalue weighted by Gasteiger charge is -2.32. The minimum Gasteiger partial charge on any atom is -0.480 e. The average molecular weight is 213 g/mol. The predicted molar refractivity (Wildman–Crippen MR) is 56.4 cm³/mol. The summed E-state index contributed by atoms with van der Waals surface area (Å²) < 4.78 is 0. The van der Waals surface area contributed by atoms with Crippen molar-refractivity contribution in [3.63, 3.8) is 0 Å². The van der Waals surface area contributed by atoms with Crippen LogP contribution in [0.4, 0.5) is 0 Å². The van der Waals surface area contributed by atoms with Gasteiger partial charge in [-0.2, -0.15) is 0 Å². The summed E-state index contributed by atoms with van der Waals surface area (Å²) in [6.45, 7) is 7.14. The Balaban J connectivity index is 2.74. The van der Waals surface area contributed by atoms with Crippen LogP contribution in [0, 0.1) is 11.3 Å². The smallest absolute Gasteiger partial charge is 0.329 e. The number of hydrogen-bond donors (Lipinski definition) is 1. The van der Waals surface area contributed by atoms with Gasteiger partial charge < -0.3 is 10.0 Å². The number of amides is 1. The number of likely N-dealkylation sites (N-methyl/N-ethyl adjacent to an activating group) is 1. The van der Waals surface area contributed by atoms with E-state index < -0.39 is 11.5 Å². The van der Waals surface area contributed by atoms with E-state index in [4.69, 9.17) is 5.11 Å². The lowest BCUT2D eigenvalue weighted by atomic mass is 10.0. The second-order valence-electron chi connectivity index (χ2n) is 5.51. The monoisotopic (exact) mass is 213 g/mol. The van der Waals surface area contributed by atoms with Crippen LogP contribution >= 0.6 is 0 Å². The SMILES string of the molecule is CN(C(=O)C1CC1(C)C)C(C)(C)C(=O)O. The molecule has 1 fully saturated rings. The van der Waals surface area contributed by atoms with Gasteiger partial charge in [-0.05, 0) is 25.7 Å². The predicted octanol–water partition coefficient (Wildman–Crippen LogP) is 1.35. The minimum atomic E-state index is -1.13. The third kappa shape index (κ3) is 1.98. The molecule has 0 spiro atoms. The molecule has 1 aliphatic rings. The molecule has 0 saturated heterocycles. The molecular formula is C11H19NO3. The molecule has 15 heavy (non-hydrogen) atoms. The molecule has 1 rings (SSSR count). The van der Waals surface area contributed by atoms with Crippen LogP contribution in [-0.2, 0) is 9.59 Å². The van der Waals surface area contributed by atoms with E-state index in [1.807, 2.05) is 13.8 Å². The van der Waals surface area contributed by atoms with Gasteiger partial charge in [0.15, 0.2) is 0 Å². The maximum Gasteiger partial charge on any atom is 0.329 e. The molecule has 0 bridgehead atoms. The summed E-state index contributed by atoms with van der Waals surface area (Å²) in [7, 11) is 1.56. The first-order valence-electron chi connectivity index (χ1n) is 5.12. The highest BCUT2D eigenvalue weighted by Crippen LogP contribution is 2.52. The van der Waals surface area contributed by atoms with Gasteiger partial charge in [-0.15, -0.1) is 0 Å². The average Bonchev–Trinajstić information content (AvgIpc) is 2.72. The van der Waals surface area contributed by atoms with E-state index in [9.17, 15) is 9.59 Å². The number of carboxylic acids is 1. The van der Waals surface area contributed by atoms with Gasteiger partial charge in [0.25, 0.3) is 0 Å². The maximum atomic E-state index is 11.9. The van der Waals surface area contributed by atoms with Crippen molar-refractivity contribution in [2.75, 3.05) is 7.05 Å². The first kappa shape index (κ1) is 12.0. The Labute approximate surface area is 90.3 Å². The number of nitrogens with zero attached hydrogens (tertiary/aromatic N) is 1. The van der Waals surface area contributed by atoms with Gasteiger partial charge in [-0.1, -0.05) is 13.8 Å². The van der Waals surface area contributed by atoms with Crippen LogP contribution in [0.5, 0.6) is 0 Å². The number of rotatable bonds is 3. The van der Waals surface area contributed by atoms with Gasteiger partial charge in [-0.3, -0.25) is 4.79 Å². The highest BCUT2D eigenvalue weighted by molar-refractivity contribution is 5.89. The number of carbonyl (C=O) groups excluding carboxylic acids is 1. The fourth-order valence-electron chi connectivity index (χ4n) is 1.54. The van der Waals surface area contributed by atoms with E-state index in [0.29, 0.717) is 0 Å². The van der Waals surface area contributed by atoms with E-state index in [-0.39, 0.29) is 17.2 Å². The largest absolute Gasteiger partial charge is 0.480 e. The molecule has 1 N–H and O–H groups in total. The fraction of sp³-hybridized carbons (Fsp3) is 0.818. The first-order chi connectivity index (χ1) is 6.60. The third-order valence-electron chi connectivity index (χ3n) is 3.50. The highest BCUT2D eigenvalue weighted by atomic mass is 16.4. The Hall–Kier alpha value is -1.06. The van der Waals surface area contributed by atoms with E-state index in [0.717, 1.165) is 6.42 Å². The zero-order chi connectivity index (χ0) is 12.0. The normalized spacial score (nSPS) is 23.4. The van der Waals surface area contributed by atoms with Gasteiger partial charge in [0, 0.05) is 13.0 Å². The van der Waals surface area contributed by atoms with Gasteiger partial charge in [0.05, 0.1) is 0 Å². The van der Waals surface area contributed by atoms with E-state index in [1.54, 1.807) is 20.9 Å². The molecule has 4 nitrogen and oxygen atoms in total. The molecule has 1 amide bonds. The van der Waals surface area contributed by atoms with Crippen LogP contribution in [0.25, 0.3) is 0 Å². The molecule has 0 heterocycles. The third-order valence-corrected chi connectivity index (χ3v) is 3.50. The number of carbonyl (C=O) groups is 2. The summed E-state index contributed by atoms with van der Waals surface area (Å²) >= 11 is 0. The number of aliphatic carboxylic acids is 1. The Kier molecular flexibility index (Phi) is 2.58. The maximum absolute atomic E-state index is 11.9. The molecule has 1 unspecified atom stereocenters. The van der Waals surface area contributed by atoms with Crippen molar-refractivity contribution in [2.45, 2.75) is 39.7 Å². The van der Waals surface area contributed by atoms with Gasteiger partial charge in [0.1, 0.15) is 5.54 Å². The van der Waals surface area contributed by atoms with Crippen LogP contribution in [0.2, 0.25) is 0 Å². The first-order valence-corrected chi connectivity index (χ1v) is 5.12. The molecule has 4 heteroatoms. The molecule has 1 saturated carbocycles. The van der Waals surface area contributed by atoms with Gasteiger partial charge in [-0.25, -0.2) is 4.79 Å². The van der Waals surface area contributed by atoms with E-state index >= 15 is 0 Å². The van der Waals surface area contributed by atoms with Crippen molar-refractivity contribution < 1.29 is 14.7 Å². The van der Waals surface area contributed by atoms with Crippen molar-refractivity contribution in [1.82, 2.24) is 4.90 Å². The van der Waals surface area contributed by atoms with Gasteiger partial charge in [0.2, 0.25) is 5.91 Å². The molecule has 1 atom stereocenters. The molecule has 0 aliphatic heterocycles. The van der Waals surface area contributed by atoms with Gasteiger partial charge >= 0.3 is 5.97 Å². The van der Waals surface area contributed by atoms with E-state index in [1.165, 1.54) is 4.90 Å². The lowest BCUT2D eigenvalue weighted by Crippen LogP contribution is -2.51. The Bertz CT molecular complexity index is 307. The lowest BCUT2D eigenvalue weighted by molar-refractivity contribution is -0.156. The van der Waals surface area contributed by atoms with Crippen LogP contribution in [0.15, 0.2) is 0 Å². The second kappa shape index (κ2) is 3.22. The zero-order valence-corrected chi connectivity index (χ0v) is 10.00. The Morgan fingerprint density at radius 2 is 1.80 bits per heavy atom. The highest BCUT2D eigenvalue weighted by Gasteiger charge is 2.53. The molecule has 0 aromatic heterocycles. The van der Waals surface area contributed by atoms with E-state index in [2.05, 4.69) is 0 Å². The fourth-order valence-corrected chi connectivity index (χ4v) is 1.54. The molecule has 0 aromatic carbocycles.